The summed E-state index contributed by atoms with van der Waals surface area (Å²) in [5.74, 6) is 1.73. The average molecular weight is 350 g/mol. The van der Waals surface area contributed by atoms with Crippen molar-refractivity contribution in [2.45, 2.75) is 32.7 Å². The Balaban J connectivity index is 1.60. The number of amides is 2. The fourth-order valence-electron chi connectivity index (χ4n) is 2.48. The molecule has 0 aliphatic rings. The fourth-order valence-corrected chi connectivity index (χ4v) is 2.48. The molecule has 2 amide bonds. The van der Waals surface area contributed by atoms with Gasteiger partial charge in [0.25, 0.3) is 0 Å². The van der Waals surface area contributed by atoms with E-state index in [2.05, 4.69) is 34.4 Å². The van der Waals surface area contributed by atoms with E-state index in [1.54, 1.807) is 18.6 Å². The third kappa shape index (κ3) is 4.27. The number of nitrogens with zero attached hydrogens (tertiary/aromatic N) is 2. The molecule has 1 unspecified atom stereocenters. The Morgan fingerprint density at radius 3 is 2.35 bits per heavy atom. The number of oxazole rings is 1. The lowest BCUT2D eigenvalue weighted by atomic mass is 10.1. The summed E-state index contributed by atoms with van der Waals surface area (Å²) < 4.78 is 5.74. The first-order chi connectivity index (χ1) is 12.5. The van der Waals surface area contributed by atoms with Crippen molar-refractivity contribution >= 4 is 11.7 Å². The molecule has 3 aromatic rings. The standard InChI is InChI=1S/C20H22N4O2/c1-13(2)18-12-22-19(26-18)16-4-6-17(7-5-16)24-20(25)23-14(3)15-8-10-21-11-9-15/h4-14H,1-3H3,(H2,23,24,25). The highest BCUT2D eigenvalue weighted by Crippen LogP contribution is 2.24. The molecule has 2 aromatic heterocycles. The van der Waals surface area contributed by atoms with Crippen LogP contribution in [0.15, 0.2) is 59.4 Å². The highest BCUT2D eigenvalue weighted by Gasteiger charge is 2.11. The van der Waals surface area contributed by atoms with Gasteiger partial charge in [-0.05, 0) is 48.9 Å². The maximum Gasteiger partial charge on any atom is 0.319 e. The molecule has 1 atom stereocenters. The van der Waals surface area contributed by atoms with Gasteiger partial charge in [0, 0.05) is 29.6 Å². The summed E-state index contributed by atoms with van der Waals surface area (Å²) in [5.41, 5.74) is 2.56. The zero-order valence-electron chi connectivity index (χ0n) is 15.1. The number of anilines is 1. The summed E-state index contributed by atoms with van der Waals surface area (Å²) in [7, 11) is 0. The maximum absolute atomic E-state index is 12.2. The normalized spacial score (nSPS) is 12.0. The molecule has 0 spiro atoms. The SMILES string of the molecule is CC(C)c1cnc(-c2ccc(NC(=O)NC(C)c3ccncc3)cc2)o1. The number of pyridine rings is 1. The molecule has 0 bridgehead atoms. The molecule has 2 heterocycles. The second-order valence-corrected chi connectivity index (χ2v) is 6.40. The first kappa shape index (κ1) is 17.7. The van der Waals surface area contributed by atoms with Gasteiger partial charge in [-0.1, -0.05) is 13.8 Å². The van der Waals surface area contributed by atoms with Crippen LogP contribution >= 0.6 is 0 Å². The van der Waals surface area contributed by atoms with Crippen LogP contribution in [0.4, 0.5) is 10.5 Å². The maximum atomic E-state index is 12.2. The average Bonchev–Trinajstić information content (AvgIpc) is 3.13. The van der Waals surface area contributed by atoms with Crippen molar-refractivity contribution in [3.63, 3.8) is 0 Å². The minimum atomic E-state index is -0.264. The minimum Gasteiger partial charge on any atom is -0.441 e. The lowest BCUT2D eigenvalue weighted by molar-refractivity contribution is 0.249. The van der Waals surface area contributed by atoms with Crippen LogP contribution in [-0.4, -0.2) is 16.0 Å². The number of hydrogen-bond acceptors (Lipinski definition) is 4. The molecule has 2 N–H and O–H groups in total. The summed E-state index contributed by atoms with van der Waals surface area (Å²) in [4.78, 5) is 20.4. The lowest BCUT2D eigenvalue weighted by Gasteiger charge is -2.15. The highest BCUT2D eigenvalue weighted by molar-refractivity contribution is 5.89. The zero-order chi connectivity index (χ0) is 18.5. The molecule has 0 aliphatic heterocycles. The lowest BCUT2D eigenvalue weighted by Crippen LogP contribution is -2.31. The Kier molecular flexibility index (Phi) is 5.31. The van der Waals surface area contributed by atoms with Crippen LogP contribution < -0.4 is 10.6 Å². The van der Waals surface area contributed by atoms with Crippen LogP contribution in [0, 0.1) is 0 Å². The molecule has 134 valence electrons. The Hall–Kier alpha value is -3.15. The highest BCUT2D eigenvalue weighted by atomic mass is 16.4. The number of nitrogens with one attached hydrogen (secondary N) is 2. The third-order valence-corrected chi connectivity index (χ3v) is 4.04. The number of hydrogen-bond donors (Lipinski definition) is 2. The van der Waals surface area contributed by atoms with Gasteiger partial charge in [-0.25, -0.2) is 9.78 Å². The molecular weight excluding hydrogens is 328 g/mol. The quantitative estimate of drug-likeness (QED) is 0.696. The van der Waals surface area contributed by atoms with Crippen LogP contribution in [0.3, 0.4) is 0 Å². The van der Waals surface area contributed by atoms with Gasteiger partial charge in [0.15, 0.2) is 0 Å². The van der Waals surface area contributed by atoms with Crippen LogP contribution in [0.2, 0.25) is 0 Å². The second-order valence-electron chi connectivity index (χ2n) is 6.40. The predicted octanol–water partition coefficient (Wildman–Crippen LogP) is 4.74. The van der Waals surface area contributed by atoms with Gasteiger partial charge in [0.2, 0.25) is 5.89 Å². The molecular formula is C20H22N4O2. The summed E-state index contributed by atoms with van der Waals surface area (Å²) in [6.45, 7) is 6.04. The molecule has 0 fully saturated rings. The topological polar surface area (TPSA) is 80.0 Å². The molecule has 0 saturated heterocycles. The van der Waals surface area contributed by atoms with E-state index in [-0.39, 0.29) is 12.1 Å². The Morgan fingerprint density at radius 2 is 1.73 bits per heavy atom. The monoisotopic (exact) mass is 350 g/mol. The number of benzene rings is 1. The summed E-state index contributed by atoms with van der Waals surface area (Å²) >= 11 is 0. The van der Waals surface area contributed by atoms with Gasteiger partial charge in [-0.3, -0.25) is 4.98 Å². The first-order valence-corrected chi connectivity index (χ1v) is 8.56. The van der Waals surface area contributed by atoms with Gasteiger partial charge in [0.1, 0.15) is 5.76 Å². The van der Waals surface area contributed by atoms with E-state index in [4.69, 9.17) is 4.42 Å². The third-order valence-electron chi connectivity index (χ3n) is 4.04. The number of urea groups is 1. The van der Waals surface area contributed by atoms with E-state index in [0.29, 0.717) is 17.5 Å². The summed E-state index contributed by atoms with van der Waals surface area (Å²) in [6.07, 6.45) is 5.16. The number of aromatic nitrogens is 2. The molecule has 6 heteroatoms. The Labute approximate surface area is 152 Å². The van der Waals surface area contributed by atoms with Crippen molar-refractivity contribution in [1.82, 2.24) is 15.3 Å². The number of carbonyl (C=O) groups excluding carboxylic acids is 1. The largest absolute Gasteiger partial charge is 0.441 e. The molecule has 3 rings (SSSR count). The molecule has 6 nitrogen and oxygen atoms in total. The van der Waals surface area contributed by atoms with Crippen molar-refractivity contribution in [3.05, 3.63) is 66.3 Å². The molecule has 0 aliphatic carbocycles. The fraction of sp³-hybridized carbons (Fsp3) is 0.250. The number of rotatable bonds is 5. The molecule has 0 saturated carbocycles. The Morgan fingerprint density at radius 1 is 1.04 bits per heavy atom. The van der Waals surface area contributed by atoms with Crippen molar-refractivity contribution in [2.75, 3.05) is 5.32 Å². The van der Waals surface area contributed by atoms with Gasteiger partial charge >= 0.3 is 6.03 Å². The van der Waals surface area contributed by atoms with Crippen molar-refractivity contribution in [2.24, 2.45) is 0 Å². The Bertz CT molecular complexity index is 857. The molecule has 1 aromatic carbocycles. The summed E-state index contributed by atoms with van der Waals surface area (Å²) in [6, 6.07) is 10.8. The minimum absolute atomic E-state index is 0.112. The van der Waals surface area contributed by atoms with Crippen molar-refractivity contribution < 1.29 is 9.21 Å². The summed E-state index contributed by atoms with van der Waals surface area (Å²) in [5, 5.41) is 5.73. The first-order valence-electron chi connectivity index (χ1n) is 8.56. The van der Waals surface area contributed by atoms with E-state index < -0.39 is 0 Å². The van der Waals surface area contributed by atoms with Gasteiger partial charge in [-0.15, -0.1) is 0 Å². The van der Waals surface area contributed by atoms with Crippen LogP contribution in [-0.2, 0) is 0 Å². The zero-order valence-corrected chi connectivity index (χ0v) is 15.1. The predicted molar refractivity (Wildman–Crippen MR) is 101 cm³/mol. The smallest absolute Gasteiger partial charge is 0.319 e. The second kappa shape index (κ2) is 7.82. The van der Waals surface area contributed by atoms with E-state index in [1.807, 2.05) is 43.3 Å². The van der Waals surface area contributed by atoms with E-state index in [9.17, 15) is 4.79 Å². The van der Waals surface area contributed by atoms with E-state index in [1.165, 1.54) is 0 Å². The van der Waals surface area contributed by atoms with Crippen LogP contribution in [0.25, 0.3) is 11.5 Å². The van der Waals surface area contributed by atoms with Gasteiger partial charge < -0.3 is 15.1 Å². The van der Waals surface area contributed by atoms with Crippen LogP contribution in [0.5, 0.6) is 0 Å². The van der Waals surface area contributed by atoms with Gasteiger partial charge in [-0.2, -0.15) is 0 Å². The van der Waals surface area contributed by atoms with Crippen molar-refractivity contribution in [1.29, 1.82) is 0 Å². The van der Waals surface area contributed by atoms with Crippen molar-refractivity contribution in [3.8, 4) is 11.5 Å². The van der Waals surface area contributed by atoms with E-state index >= 15 is 0 Å². The van der Waals surface area contributed by atoms with Gasteiger partial charge in [0.05, 0.1) is 12.2 Å². The number of carbonyl (C=O) groups is 1. The molecule has 0 radical (unpaired) electrons. The van der Waals surface area contributed by atoms with Crippen LogP contribution in [0.1, 0.15) is 44.1 Å². The van der Waals surface area contributed by atoms with E-state index in [0.717, 1.165) is 16.9 Å². The molecule has 26 heavy (non-hydrogen) atoms.